The molecule has 1 aromatic carbocycles. The van der Waals surface area contributed by atoms with E-state index in [4.69, 9.17) is 21.8 Å². The summed E-state index contributed by atoms with van der Waals surface area (Å²) in [6, 6.07) is 7.50. The molecule has 2 atom stereocenters. The van der Waals surface area contributed by atoms with Gasteiger partial charge in [0.05, 0.1) is 5.02 Å². The summed E-state index contributed by atoms with van der Waals surface area (Å²) in [5, 5.41) is 12.2. The molecule has 96 valence electrons. The zero-order valence-electron chi connectivity index (χ0n) is 10.0. The largest absolute Gasteiger partial charge is 0.456 e. The third kappa shape index (κ3) is 1.92. The van der Waals surface area contributed by atoms with Gasteiger partial charge in [0.2, 0.25) is 0 Å². The van der Waals surface area contributed by atoms with Crippen molar-refractivity contribution in [2.75, 3.05) is 0 Å². The first kappa shape index (κ1) is 12.0. The highest BCUT2D eigenvalue weighted by molar-refractivity contribution is 6.34. The quantitative estimate of drug-likeness (QED) is 0.833. The number of halogens is 1. The summed E-state index contributed by atoms with van der Waals surface area (Å²) >= 11 is 6.08. The lowest BCUT2D eigenvalue weighted by molar-refractivity contribution is -0.0246. The van der Waals surface area contributed by atoms with Gasteiger partial charge >= 0.3 is 0 Å². The molecular formula is C14H16ClNO2. The Balaban J connectivity index is 2.06. The molecule has 1 aliphatic rings. The molecule has 0 spiro atoms. The Morgan fingerprint density at radius 2 is 2.28 bits per heavy atom. The number of benzene rings is 1. The van der Waals surface area contributed by atoms with E-state index in [0.717, 1.165) is 18.2 Å². The fraction of sp³-hybridized carbons (Fsp3) is 0.429. The third-order valence-electron chi connectivity index (χ3n) is 3.72. The molecule has 1 fully saturated rings. The molecule has 0 amide bonds. The van der Waals surface area contributed by atoms with Gasteiger partial charge < -0.3 is 15.3 Å². The molecule has 2 unspecified atom stereocenters. The van der Waals surface area contributed by atoms with E-state index >= 15 is 0 Å². The maximum Gasteiger partial charge on any atom is 0.153 e. The van der Waals surface area contributed by atoms with Gasteiger partial charge in [0.25, 0.3) is 0 Å². The Morgan fingerprint density at radius 3 is 3.00 bits per heavy atom. The molecule has 0 radical (unpaired) electrons. The van der Waals surface area contributed by atoms with Crippen LogP contribution in [0.25, 0.3) is 11.0 Å². The molecule has 18 heavy (non-hydrogen) atoms. The van der Waals surface area contributed by atoms with Gasteiger partial charge in [-0.3, -0.25) is 0 Å². The Kier molecular flexibility index (Phi) is 2.85. The number of nitrogens with two attached hydrogens (primary N) is 1. The molecule has 1 heterocycles. The maximum atomic E-state index is 10.7. The molecule has 1 aromatic heterocycles. The van der Waals surface area contributed by atoms with E-state index in [2.05, 4.69) is 0 Å². The van der Waals surface area contributed by atoms with Crippen LogP contribution in [0.15, 0.2) is 28.7 Å². The van der Waals surface area contributed by atoms with Crippen molar-refractivity contribution < 1.29 is 9.52 Å². The summed E-state index contributed by atoms with van der Waals surface area (Å²) in [6.07, 6.45) is 3.12. The lowest BCUT2D eigenvalue weighted by Gasteiger charge is -2.33. The van der Waals surface area contributed by atoms with Crippen LogP contribution in [-0.4, -0.2) is 11.1 Å². The van der Waals surface area contributed by atoms with Crippen LogP contribution in [-0.2, 0) is 5.60 Å². The van der Waals surface area contributed by atoms with E-state index in [1.54, 1.807) is 6.07 Å². The molecule has 3 N–H and O–H groups in total. The van der Waals surface area contributed by atoms with Crippen molar-refractivity contribution in [1.82, 2.24) is 0 Å². The van der Waals surface area contributed by atoms with Crippen molar-refractivity contribution in [2.24, 2.45) is 5.73 Å². The lowest BCUT2D eigenvalue weighted by Crippen LogP contribution is -2.38. The van der Waals surface area contributed by atoms with Gasteiger partial charge in [-0.25, -0.2) is 0 Å². The van der Waals surface area contributed by atoms with Crippen LogP contribution in [0, 0.1) is 0 Å². The average Bonchev–Trinajstić information content (AvgIpc) is 2.75. The number of hydrogen-bond acceptors (Lipinski definition) is 3. The molecule has 0 bridgehead atoms. The first-order valence-electron chi connectivity index (χ1n) is 6.25. The Hall–Kier alpha value is -1.03. The van der Waals surface area contributed by atoms with Crippen LogP contribution in [0.1, 0.15) is 31.4 Å². The summed E-state index contributed by atoms with van der Waals surface area (Å²) in [4.78, 5) is 0. The number of fused-ring (bicyclic) bond motifs is 1. The second kappa shape index (κ2) is 4.26. The van der Waals surface area contributed by atoms with Gasteiger partial charge in [0.1, 0.15) is 11.4 Å². The average molecular weight is 266 g/mol. The number of rotatable bonds is 1. The third-order valence-corrected chi connectivity index (χ3v) is 4.02. The molecule has 1 saturated carbocycles. The molecule has 0 aliphatic heterocycles. The van der Waals surface area contributed by atoms with Gasteiger partial charge in [-0.1, -0.05) is 23.7 Å². The second-order valence-electron chi connectivity index (χ2n) is 5.16. The van der Waals surface area contributed by atoms with Crippen molar-refractivity contribution in [1.29, 1.82) is 0 Å². The van der Waals surface area contributed by atoms with Crippen LogP contribution in [0.3, 0.4) is 0 Å². The summed E-state index contributed by atoms with van der Waals surface area (Å²) in [5.74, 6) is 0.584. The Labute approximate surface area is 111 Å². The molecule has 4 heteroatoms. The first-order chi connectivity index (χ1) is 8.58. The van der Waals surface area contributed by atoms with Crippen molar-refractivity contribution in [3.63, 3.8) is 0 Å². The van der Waals surface area contributed by atoms with Gasteiger partial charge in [-0.15, -0.1) is 0 Å². The number of para-hydroxylation sites is 1. The van der Waals surface area contributed by atoms with E-state index in [1.165, 1.54) is 0 Å². The Morgan fingerprint density at radius 1 is 1.44 bits per heavy atom. The van der Waals surface area contributed by atoms with Gasteiger partial charge in [0, 0.05) is 11.4 Å². The van der Waals surface area contributed by atoms with Crippen LogP contribution in [0.5, 0.6) is 0 Å². The normalized spacial score (nSPS) is 28.7. The number of hydrogen-bond donors (Lipinski definition) is 2. The van der Waals surface area contributed by atoms with E-state index in [-0.39, 0.29) is 6.04 Å². The van der Waals surface area contributed by atoms with E-state index in [9.17, 15) is 5.11 Å². The molecule has 0 saturated heterocycles. The molecule has 3 rings (SSSR count). The van der Waals surface area contributed by atoms with Crippen LogP contribution < -0.4 is 5.73 Å². The number of furan rings is 1. The van der Waals surface area contributed by atoms with Crippen molar-refractivity contribution in [3.05, 3.63) is 35.0 Å². The van der Waals surface area contributed by atoms with E-state index in [1.807, 2.05) is 18.2 Å². The smallest absolute Gasteiger partial charge is 0.153 e. The monoisotopic (exact) mass is 265 g/mol. The maximum absolute atomic E-state index is 10.7. The van der Waals surface area contributed by atoms with E-state index in [0.29, 0.717) is 29.2 Å². The summed E-state index contributed by atoms with van der Waals surface area (Å²) in [6.45, 7) is 0. The summed E-state index contributed by atoms with van der Waals surface area (Å²) < 4.78 is 5.75. The predicted molar refractivity (Wildman–Crippen MR) is 71.6 cm³/mol. The molecular weight excluding hydrogens is 250 g/mol. The van der Waals surface area contributed by atoms with Crippen molar-refractivity contribution in [3.8, 4) is 0 Å². The van der Waals surface area contributed by atoms with Gasteiger partial charge in [-0.2, -0.15) is 0 Å². The van der Waals surface area contributed by atoms with Crippen molar-refractivity contribution in [2.45, 2.75) is 37.3 Å². The van der Waals surface area contributed by atoms with Crippen LogP contribution >= 0.6 is 11.6 Å². The summed E-state index contributed by atoms with van der Waals surface area (Å²) in [5.41, 5.74) is 5.64. The Bertz CT molecular complexity index is 580. The minimum absolute atomic E-state index is 0.0347. The standard InChI is InChI=1S/C14H16ClNO2/c15-11-5-1-3-9-7-12(18-13(9)11)14(17)6-2-4-10(16)8-14/h1,3,5,7,10,17H,2,4,6,8,16H2. The zero-order valence-corrected chi connectivity index (χ0v) is 10.8. The van der Waals surface area contributed by atoms with Crippen LogP contribution in [0.2, 0.25) is 5.02 Å². The minimum Gasteiger partial charge on any atom is -0.456 e. The first-order valence-corrected chi connectivity index (χ1v) is 6.63. The molecule has 1 aliphatic carbocycles. The minimum atomic E-state index is -0.944. The number of aliphatic hydroxyl groups is 1. The molecule has 3 nitrogen and oxygen atoms in total. The highest BCUT2D eigenvalue weighted by Gasteiger charge is 2.37. The fourth-order valence-corrected chi connectivity index (χ4v) is 3.00. The predicted octanol–water partition coefficient (Wildman–Crippen LogP) is 3.18. The lowest BCUT2D eigenvalue weighted by atomic mass is 9.80. The fourth-order valence-electron chi connectivity index (χ4n) is 2.78. The highest BCUT2D eigenvalue weighted by atomic mass is 35.5. The van der Waals surface area contributed by atoms with E-state index < -0.39 is 5.60 Å². The summed E-state index contributed by atoms with van der Waals surface area (Å²) in [7, 11) is 0. The van der Waals surface area contributed by atoms with Crippen molar-refractivity contribution >= 4 is 22.6 Å². The van der Waals surface area contributed by atoms with Gasteiger partial charge in [-0.05, 0) is 37.8 Å². The van der Waals surface area contributed by atoms with Gasteiger partial charge in [0.15, 0.2) is 5.58 Å². The topological polar surface area (TPSA) is 59.4 Å². The molecule has 2 aromatic rings. The zero-order chi connectivity index (χ0) is 12.8. The second-order valence-corrected chi connectivity index (χ2v) is 5.56. The van der Waals surface area contributed by atoms with Crippen LogP contribution in [0.4, 0.5) is 0 Å². The highest BCUT2D eigenvalue weighted by Crippen LogP contribution is 2.40. The SMILES string of the molecule is NC1CCCC(O)(c2cc3cccc(Cl)c3o2)C1.